The summed E-state index contributed by atoms with van der Waals surface area (Å²) in [5.74, 6) is 0. The van der Waals surface area contributed by atoms with Crippen LogP contribution in [0.25, 0.3) is 44.5 Å². The van der Waals surface area contributed by atoms with Gasteiger partial charge < -0.3 is 15.0 Å². The molecular weight excluding hydrogens is 492 g/mol. The van der Waals surface area contributed by atoms with Crippen molar-refractivity contribution in [1.82, 2.24) is 20.3 Å². The predicted octanol–water partition coefficient (Wildman–Crippen LogP) is 7.28. The quantitative estimate of drug-likeness (QED) is 0.235. The van der Waals surface area contributed by atoms with Gasteiger partial charge in [-0.05, 0) is 85.4 Å². The Balaban J connectivity index is 1.13. The van der Waals surface area contributed by atoms with E-state index in [0.29, 0.717) is 12.1 Å². The van der Waals surface area contributed by atoms with Gasteiger partial charge in [-0.3, -0.25) is 4.98 Å². The van der Waals surface area contributed by atoms with E-state index in [9.17, 15) is 0 Å². The van der Waals surface area contributed by atoms with Crippen LogP contribution >= 0.6 is 0 Å². The normalized spacial score (nSPS) is 19.3. The van der Waals surface area contributed by atoms with Crippen LogP contribution in [0.4, 0.5) is 0 Å². The number of ether oxygens (including phenoxy) is 1. The molecule has 0 spiro atoms. The third-order valence-electron chi connectivity index (χ3n) is 8.71. The Morgan fingerprint density at radius 1 is 0.825 bits per heavy atom. The lowest BCUT2D eigenvalue weighted by atomic mass is 9.96. The molecule has 5 heteroatoms. The summed E-state index contributed by atoms with van der Waals surface area (Å²) in [5, 5.41) is 5.04. The van der Waals surface area contributed by atoms with Gasteiger partial charge in [0.1, 0.15) is 5.65 Å². The van der Waals surface area contributed by atoms with E-state index in [1.807, 2.05) is 18.5 Å². The largest absolute Gasteiger partial charge is 0.380 e. The van der Waals surface area contributed by atoms with Crippen LogP contribution in [0.5, 0.6) is 0 Å². The monoisotopic (exact) mass is 528 g/mol. The highest BCUT2D eigenvalue weighted by Crippen LogP contribution is 2.34. The number of pyridine rings is 2. The summed E-state index contributed by atoms with van der Waals surface area (Å²) in [5.41, 5.74) is 12.0. The number of benzene rings is 2. The second-order valence-corrected chi connectivity index (χ2v) is 11.4. The number of aromatic nitrogens is 3. The fourth-order valence-electron chi connectivity index (χ4n) is 6.45. The summed E-state index contributed by atoms with van der Waals surface area (Å²) in [7, 11) is 0. The van der Waals surface area contributed by atoms with Crippen LogP contribution in [0.2, 0.25) is 0 Å². The molecule has 1 aliphatic heterocycles. The molecule has 3 aromatic heterocycles. The molecular formula is C35H36N4O. The molecule has 5 aromatic rings. The molecule has 0 amide bonds. The summed E-state index contributed by atoms with van der Waals surface area (Å²) in [6, 6.07) is 23.2. The minimum atomic E-state index is 0.513. The van der Waals surface area contributed by atoms with Crippen LogP contribution in [-0.2, 0) is 17.6 Å². The van der Waals surface area contributed by atoms with Crippen LogP contribution in [0, 0.1) is 6.92 Å². The fourth-order valence-corrected chi connectivity index (χ4v) is 6.45. The van der Waals surface area contributed by atoms with Gasteiger partial charge in [-0.25, -0.2) is 4.98 Å². The summed E-state index contributed by atoms with van der Waals surface area (Å²) in [6.45, 7) is 3.88. The number of hydrogen-bond donors (Lipinski definition) is 2. The molecule has 40 heavy (non-hydrogen) atoms. The minimum absolute atomic E-state index is 0.513. The Morgan fingerprint density at radius 3 is 2.48 bits per heavy atom. The average Bonchev–Trinajstić information content (AvgIpc) is 3.32. The van der Waals surface area contributed by atoms with E-state index in [0.717, 1.165) is 53.9 Å². The first-order valence-corrected chi connectivity index (χ1v) is 14.7. The lowest BCUT2D eigenvalue weighted by molar-refractivity contribution is 0.0656. The highest BCUT2D eigenvalue weighted by atomic mass is 16.5. The van der Waals surface area contributed by atoms with E-state index >= 15 is 0 Å². The van der Waals surface area contributed by atoms with Crippen molar-refractivity contribution in [3.63, 3.8) is 0 Å². The summed E-state index contributed by atoms with van der Waals surface area (Å²) < 4.78 is 5.70. The molecule has 1 saturated heterocycles. The van der Waals surface area contributed by atoms with Crippen LogP contribution in [0.1, 0.15) is 42.4 Å². The Hall–Kier alpha value is -3.80. The first-order chi connectivity index (χ1) is 19.7. The van der Waals surface area contributed by atoms with Gasteiger partial charge in [0.15, 0.2) is 0 Å². The van der Waals surface area contributed by atoms with Crippen LogP contribution in [0.15, 0.2) is 79.3 Å². The molecule has 7 rings (SSSR count). The molecule has 1 unspecified atom stereocenters. The second-order valence-electron chi connectivity index (χ2n) is 11.4. The third kappa shape index (κ3) is 5.07. The number of hydrogen-bond acceptors (Lipinski definition) is 4. The topological polar surface area (TPSA) is 62.8 Å². The van der Waals surface area contributed by atoms with Gasteiger partial charge in [-0.2, -0.15) is 0 Å². The first kappa shape index (κ1) is 25.2. The highest BCUT2D eigenvalue weighted by molar-refractivity contribution is 5.96. The standard InChI is InChI=1S/C35H36N4O/c1-23-4-2-16-36-34(23)26-9-7-25(8-10-26)33-21-38-35-32(33)19-29(20-37-35)28-11-6-24-12-14-30(15-13-27(24)18-28)39-31-5-3-17-40-22-31/h2,4,6-11,16,18-21,30-31,39H,3,5,12-15,17,22H2,1H3,(H,37,38)/t30-,31?/m0/s1. The average molecular weight is 529 g/mol. The molecule has 2 aromatic carbocycles. The number of nitrogens with zero attached hydrogens (tertiary/aromatic N) is 2. The first-order valence-electron chi connectivity index (χ1n) is 14.7. The zero-order chi connectivity index (χ0) is 26.9. The van der Waals surface area contributed by atoms with Crippen molar-refractivity contribution < 1.29 is 4.74 Å². The van der Waals surface area contributed by atoms with E-state index in [1.165, 1.54) is 59.1 Å². The lowest BCUT2D eigenvalue weighted by Gasteiger charge is -2.28. The maximum atomic E-state index is 5.70. The fraction of sp³-hybridized carbons (Fsp3) is 0.314. The third-order valence-corrected chi connectivity index (χ3v) is 8.71. The summed E-state index contributed by atoms with van der Waals surface area (Å²) in [4.78, 5) is 12.8. The number of aromatic amines is 1. The van der Waals surface area contributed by atoms with Gasteiger partial charge in [0.05, 0.1) is 12.3 Å². The molecule has 4 heterocycles. The number of nitrogens with one attached hydrogen (secondary N) is 2. The number of H-pyrrole nitrogens is 1. The Morgan fingerprint density at radius 2 is 1.65 bits per heavy atom. The molecule has 2 aliphatic rings. The Bertz CT molecular complexity index is 1630. The van der Waals surface area contributed by atoms with Crippen molar-refractivity contribution in [3.8, 4) is 33.5 Å². The van der Waals surface area contributed by atoms with E-state index in [2.05, 4.69) is 83.0 Å². The van der Waals surface area contributed by atoms with E-state index in [1.54, 1.807) is 0 Å². The SMILES string of the molecule is Cc1cccnc1-c1ccc(-c2c[nH]c3ncc(-c4ccc5c(c4)CC[C@@H](NC4CCCOC4)CC5)cc23)cc1. The van der Waals surface area contributed by atoms with Crippen molar-refractivity contribution in [2.75, 3.05) is 13.2 Å². The minimum Gasteiger partial charge on any atom is -0.380 e. The van der Waals surface area contributed by atoms with Crippen LogP contribution < -0.4 is 5.32 Å². The summed E-state index contributed by atoms with van der Waals surface area (Å²) >= 11 is 0. The van der Waals surface area contributed by atoms with Gasteiger partial charge in [0.25, 0.3) is 0 Å². The van der Waals surface area contributed by atoms with Gasteiger partial charge in [0.2, 0.25) is 0 Å². The Labute approximate surface area is 236 Å². The maximum Gasteiger partial charge on any atom is 0.137 e. The van der Waals surface area contributed by atoms with Gasteiger partial charge >= 0.3 is 0 Å². The van der Waals surface area contributed by atoms with Gasteiger partial charge in [-0.1, -0.05) is 48.5 Å². The predicted molar refractivity (Wildman–Crippen MR) is 162 cm³/mol. The number of rotatable bonds is 5. The molecule has 1 aliphatic carbocycles. The number of aryl methyl sites for hydroxylation is 3. The molecule has 0 bridgehead atoms. The second kappa shape index (κ2) is 11.0. The maximum absolute atomic E-state index is 5.70. The van der Waals surface area contributed by atoms with Crippen LogP contribution in [0.3, 0.4) is 0 Å². The van der Waals surface area contributed by atoms with E-state index in [-0.39, 0.29) is 0 Å². The van der Waals surface area contributed by atoms with Crippen molar-refractivity contribution in [2.45, 2.75) is 57.5 Å². The zero-order valence-corrected chi connectivity index (χ0v) is 23.1. The summed E-state index contributed by atoms with van der Waals surface area (Å²) in [6.07, 6.45) is 13.0. The molecule has 202 valence electrons. The smallest absolute Gasteiger partial charge is 0.137 e. The van der Waals surface area contributed by atoms with Gasteiger partial charge in [0, 0.05) is 59.4 Å². The van der Waals surface area contributed by atoms with Crippen molar-refractivity contribution in [2.24, 2.45) is 0 Å². The number of fused-ring (bicyclic) bond motifs is 2. The van der Waals surface area contributed by atoms with E-state index < -0.39 is 0 Å². The van der Waals surface area contributed by atoms with Gasteiger partial charge in [-0.15, -0.1) is 0 Å². The van der Waals surface area contributed by atoms with Crippen molar-refractivity contribution in [3.05, 3.63) is 95.9 Å². The molecule has 2 N–H and O–H groups in total. The molecule has 0 saturated carbocycles. The van der Waals surface area contributed by atoms with Crippen molar-refractivity contribution >= 4 is 11.0 Å². The zero-order valence-electron chi connectivity index (χ0n) is 23.1. The van der Waals surface area contributed by atoms with Crippen molar-refractivity contribution in [1.29, 1.82) is 0 Å². The molecule has 0 radical (unpaired) electrons. The Kier molecular flexibility index (Phi) is 6.92. The molecule has 2 atom stereocenters. The highest BCUT2D eigenvalue weighted by Gasteiger charge is 2.21. The molecule has 1 fully saturated rings. The van der Waals surface area contributed by atoms with Crippen LogP contribution in [-0.4, -0.2) is 40.2 Å². The lowest BCUT2D eigenvalue weighted by Crippen LogP contribution is -2.43. The van der Waals surface area contributed by atoms with E-state index in [4.69, 9.17) is 9.72 Å². The molecule has 5 nitrogen and oxygen atoms in total.